The summed E-state index contributed by atoms with van der Waals surface area (Å²) in [6.07, 6.45) is -1.47. The Labute approximate surface area is 83.8 Å². The van der Waals surface area contributed by atoms with Crippen LogP contribution in [0.3, 0.4) is 0 Å². The Morgan fingerprint density at radius 3 is 2.15 bits per heavy atom. The van der Waals surface area contributed by atoms with Crippen LogP contribution >= 0.6 is 11.6 Å². The van der Waals surface area contributed by atoms with Gasteiger partial charge < -0.3 is 5.32 Å². The Morgan fingerprint density at radius 2 is 1.77 bits per heavy atom. The molecule has 0 aliphatic carbocycles. The van der Waals surface area contributed by atoms with Crippen LogP contribution in [0.1, 0.15) is 27.2 Å². The number of hydrogen-bond donors (Lipinski definition) is 1. The summed E-state index contributed by atoms with van der Waals surface area (Å²) in [7, 11) is 0. The van der Waals surface area contributed by atoms with Gasteiger partial charge in [0.25, 0.3) is 6.43 Å². The molecule has 1 unspecified atom stereocenters. The van der Waals surface area contributed by atoms with Gasteiger partial charge in [-0.3, -0.25) is 0 Å². The highest BCUT2D eigenvalue weighted by Crippen LogP contribution is 2.23. The average molecular weight is 214 g/mol. The Hall–Kier alpha value is 0.110. The van der Waals surface area contributed by atoms with Gasteiger partial charge in [0.1, 0.15) is 0 Å². The molecular weight excluding hydrogens is 196 g/mol. The minimum Gasteiger partial charge on any atom is -0.310 e. The van der Waals surface area contributed by atoms with E-state index in [1.807, 2.05) is 0 Å². The number of halogens is 3. The lowest BCUT2D eigenvalue weighted by molar-refractivity contribution is 0.146. The molecule has 13 heavy (non-hydrogen) atoms. The van der Waals surface area contributed by atoms with Gasteiger partial charge in [0.05, 0.1) is 6.54 Å². The van der Waals surface area contributed by atoms with E-state index in [-0.39, 0.29) is 17.3 Å². The van der Waals surface area contributed by atoms with E-state index in [1.54, 1.807) is 0 Å². The van der Waals surface area contributed by atoms with Crippen molar-refractivity contribution < 1.29 is 8.78 Å². The van der Waals surface area contributed by atoms with Gasteiger partial charge in [-0.05, 0) is 11.8 Å². The highest BCUT2D eigenvalue weighted by Gasteiger charge is 2.16. The SMILES string of the molecule is CC(C)(C)CC(Cl)CNCC(F)F. The summed E-state index contributed by atoms with van der Waals surface area (Å²) in [4.78, 5) is 0. The van der Waals surface area contributed by atoms with Crippen molar-refractivity contribution in [2.45, 2.75) is 39.0 Å². The Morgan fingerprint density at radius 1 is 1.23 bits per heavy atom. The smallest absolute Gasteiger partial charge is 0.250 e. The molecule has 1 N–H and O–H groups in total. The van der Waals surface area contributed by atoms with Gasteiger partial charge in [0.2, 0.25) is 0 Å². The second-order valence-corrected chi connectivity index (χ2v) is 5.03. The maximum Gasteiger partial charge on any atom is 0.250 e. The number of hydrogen-bond acceptors (Lipinski definition) is 1. The first-order valence-corrected chi connectivity index (χ1v) is 4.88. The number of alkyl halides is 3. The first kappa shape index (κ1) is 13.1. The molecule has 0 saturated carbocycles. The molecule has 0 saturated heterocycles. The van der Waals surface area contributed by atoms with Crippen LogP contribution in [0, 0.1) is 5.41 Å². The molecule has 1 atom stereocenters. The highest BCUT2D eigenvalue weighted by atomic mass is 35.5. The van der Waals surface area contributed by atoms with Gasteiger partial charge in [-0.25, -0.2) is 8.78 Å². The maximum atomic E-state index is 11.7. The molecular formula is C9H18ClF2N. The zero-order chi connectivity index (χ0) is 10.5. The molecule has 0 aromatic rings. The van der Waals surface area contributed by atoms with Gasteiger partial charge in [-0.2, -0.15) is 0 Å². The molecule has 0 aliphatic rings. The number of rotatable bonds is 5. The Balaban J connectivity index is 3.46. The van der Waals surface area contributed by atoms with Crippen LogP contribution in [-0.4, -0.2) is 24.9 Å². The minimum absolute atomic E-state index is 0.0706. The lowest BCUT2D eigenvalue weighted by Gasteiger charge is -2.21. The first-order valence-electron chi connectivity index (χ1n) is 4.44. The van der Waals surface area contributed by atoms with E-state index in [4.69, 9.17) is 11.6 Å². The third-order valence-corrected chi connectivity index (χ3v) is 1.81. The molecule has 0 heterocycles. The molecule has 0 bridgehead atoms. The summed E-state index contributed by atoms with van der Waals surface area (Å²) in [5.41, 5.74) is 0.152. The van der Waals surface area contributed by atoms with Crippen molar-refractivity contribution in [3.63, 3.8) is 0 Å². The summed E-state index contributed by atoms with van der Waals surface area (Å²) in [6, 6.07) is 0. The highest BCUT2D eigenvalue weighted by molar-refractivity contribution is 6.20. The molecule has 0 radical (unpaired) electrons. The lowest BCUT2D eigenvalue weighted by Crippen LogP contribution is -2.30. The topological polar surface area (TPSA) is 12.0 Å². The third-order valence-electron chi connectivity index (χ3n) is 1.50. The Kier molecular flexibility index (Phi) is 5.81. The third kappa shape index (κ3) is 10.0. The molecule has 0 rings (SSSR count). The van der Waals surface area contributed by atoms with E-state index in [0.29, 0.717) is 6.54 Å². The maximum absolute atomic E-state index is 11.7. The van der Waals surface area contributed by atoms with Crippen molar-refractivity contribution in [2.24, 2.45) is 5.41 Å². The minimum atomic E-state index is -2.29. The van der Waals surface area contributed by atoms with Crippen molar-refractivity contribution in [3.8, 4) is 0 Å². The van der Waals surface area contributed by atoms with E-state index >= 15 is 0 Å². The molecule has 80 valence electrons. The van der Waals surface area contributed by atoms with Gasteiger partial charge in [-0.15, -0.1) is 11.6 Å². The van der Waals surface area contributed by atoms with Crippen molar-refractivity contribution >= 4 is 11.6 Å². The van der Waals surface area contributed by atoms with Crippen LogP contribution < -0.4 is 5.32 Å². The van der Waals surface area contributed by atoms with Crippen LogP contribution in [0.5, 0.6) is 0 Å². The van der Waals surface area contributed by atoms with E-state index in [9.17, 15) is 8.78 Å². The summed E-state index contributed by atoms with van der Waals surface area (Å²) in [5, 5.41) is 2.55. The molecule has 0 aliphatic heterocycles. The molecule has 0 aromatic carbocycles. The molecule has 0 amide bonds. The summed E-state index contributed by atoms with van der Waals surface area (Å²) < 4.78 is 23.4. The quantitative estimate of drug-likeness (QED) is 0.693. The van der Waals surface area contributed by atoms with Crippen molar-refractivity contribution in [3.05, 3.63) is 0 Å². The normalized spacial score (nSPS) is 15.0. The van der Waals surface area contributed by atoms with Gasteiger partial charge in [0.15, 0.2) is 0 Å². The van der Waals surface area contributed by atoms with Crippen molar-refractivity contribution in [2.75, 3.05) is 13.1 Å². The van der Waals surface area contributed by atoms with Crippen molar-refractivity contribution in [1.29, 1.82) is 0 Å². The fraction of sp³-hybridized carbons (Fsp3) is 1.00. The van der Waals surface area contributed by atoms with Crippen LogP contribution in [0.15, 0.2) is 0 Å². The predicted octanol–water partition coefficient (Wildman–Crippen LogP) is 2.88. The molecule has 0 aromatic heterocycles. The predicted molar refractivity (Wildman–Crippen MR) is 52.6 cm³/mol. The monoisotopic (exact) mass is 213 g/mol. The summed E-state index contributed by atoms with van der Waals surface area (Å²) in [6.45, 7) is 6.41. The zero-order valence-electron chi connectivity index (χ0n) is 8.41. The molecule has 0 spiro atoms. The van der Waals surface area contributed by atoms with Crippen LogP contribution in [0.4, 0.5) is 8.78 Å². The average Bonchev–Trinajstić information content (AvgIpc) is 1.81. The molecule has 4 heteroatoms. The van der Waals surface area contributed by atoms with Gasteiger partial charge in [0, 0.05) is 11.9 Å². The van der Waals surface area contributed by atoms with E-state index in [1.165, 1.54) is 0 Å². The van der Waals surface area contributed by atoms with Crippen molar-refractivity contribution in [1.82, 2.24) is 5.32 Å². The molecule has 0 fully saturated rings. The van der Waals surface area contributed by atoms with E-state index < -0.39 is 6.43 Å². The number of nitrogens with one attached hydrogen (secondary N) is 1. The fourth-order valence-corrected chi connectivity index (χ4v) is 1.66. The van der Waals surface area contributed by atoms with Crippen LogP contribution in [0.2, 0.25) is 0 Å². The molecule has 1 nitrogen and oxygen atoms in total. The zero-order valence-corrected chi connectivity index (χ0v) is 9.17. The van der Waals surface area contributed by atoms with Gasteiger partial charge >= 0.3 is 0 Å². The first-order chi connectivity index (χ1) is 5.81. The summed E-state index contributed by atoms with van der Waals surface area (Å²) >= 11 is 5.94. The van der Waals surface area contributed by atoms with E-state index in [2.05, 4.69) is 26.1 Å². The van der Waals surface area contributed by atoms with E-state index in [0.717, 1.165) is 6.42 Å². The standard InChI is InChI=1S/C9H18ClF2N/c1-9(2,3)4-7(10)5-13-6-8(11)12/h7-8,13H,4-6H2,1-3H3. The van der Waals surface area contributed by atoms with Gasteiger partial charge in [-0.1, -0.05) is 20.8 Å². The second-order valence-electron chi connectivity index (χ2n) is 4.41. The lowest BCUT2D eigenvalue weighted by atomic mass is 9.90. The van der Waals surface area contributed by atoms with Crippen LogP contribution in [0.25, 0.3) is 0 Å². The largest absolute Gasteiger partial charge is 0.310 e. The Bertz CT molecular complexity index is 134. The fourth-order valence-electron chi connectivity index (χ4n) is 1.09. The second kappa shape index (κ2) is 5.76. The van der Waals surface area contributed by atoms with Crippen LogP contribution in [-0.2, 0) is 0 Å². The summed E-state index contributed by atoms with van der Waals surface area (Å²) in [5.74, 6) is 0.